The number of Topliss-reactive ketones (excluding diaryl/α,β-unsaturated/α-hetero) is 1. The van der Waals surface area contributed by atoms with Crippen LogP contribution >= 0.6 is 0 Å². The fourth-order valence-electron chi connectivity index (χ4n) is 2.72. The summed E-state index contributed by atoms with van der Waals surface area (Å²) < 4.78 is 27.9. The van der Waals surface area contributed by atoms with Gasteiger partial charge in [0.05, 0.1) is 11.5 Å². The summed E-state index contributed by atoms with van der Waals surface area (Å²) in [5.74, 6) is -1.29. The van der Waals surface area contributed by atoms with E-state index in [1.54, 1.807) is 24.3 Å². The molecule has 1 N–H and O–H groups in total. The van der Waals surface area contributed by atoms with E-state index in [1.165, 1.54) is 13.8 Å². The Morgan fingerprint density at radius 1 is 1.24 bits per heavy atom. The van der Waals surface area contributed by atoms with E-state index in [1.807, 2.05) is 0 Å². The number of carbonyl (C=O) groups excluding carboxylic acids is 3. The standard InChI is InChI=1S/C17H21NO6S/c1-11(24-16(20)9-13-7-8-25(22,23)10-13)17(21)14-3-5-15(6-4-14)18-12(2)19/h3-6,11,13H,7-10H2,1-2H3,(H,18,19)/t11-,13-/m1/s1. The number of esters is 1. The molecule has 0 bridgehead atoms. The number of amides is 1. The van der Waals surface area contributed by atoms with Crippen LogP contribution in [0.15, 0.2) is 24.3 Å². The van der Waals surface area contributed by atoms with Crippen molar-refractivity contribution in [3.8, 4) is 0 Å². The second-order valence-electron chi connectivity index (χ2n) is 6.23. The molecule has 25 heavy (non-hydrogen) atoms. The van der Waals surface area contributed by atoms with E-state index >= 15 is 0 Å². The molecule has 1 aliphatic rings. The Kier molecular flexibility index (Phi) is 5.94. The predicted molar refractivity (Wildman–Crippen MR) is 92.0 cm³/mol. The predicted octanol–water partition coefficient (Wildman–Crippen LogP) is 1.58. The number of ketones is 1. The summed E-state index contributed by atoms with van der Waals surface area (Å²) >= 11 is 0. The third-order valence-electron chi connectivity index (χ3n) is 3.95. The quantitative estimate of drug-likeness (QED) is 0.604. The lowest BCUT2D eigenvalue weighted by molar-refractivity contribution is -0.147. The van der Waals surface area contributed by atoms with E-state index in [0.717, 1.165) is 0 Å². The fourth-order valence-corrected chi connectivity index (χ4v) is 4.59. The lowest BCUT2D eigenvalue weighted by Gasteiger charge is -2.14. The first-order chi connectivity index (χ1) is 11.7. The molecule has 1 heterocycles. The molecule has 0 aromatic heterocycles. The highest BCUT2D eigenvalue weighted by molar-refractivity contribution is 7.91. The van der Waals surface area contributed by atoms with E-state index in [2.05, 4.69) is 5.32 Å². The van der Waals surface area contributed by atoms with Gasteiger partial charge in [0.1, 0.15) is 0 Å². The van der Waals surface area contributed by atoms with Crippen LogP contribution in [0.2, 0.25) is 0 Å². The molecular weight excluding hydrogens is 346 g/mol. The van der Waals surface area contributed by atoms with E-state index < -0.39 is 21.9 Å². The molecular formula is C17H21NO6S. The van der Waals surface area contributed by atoms with Crippen LogP contribution in [0.25, 0.3) is 0 Å². The summed E-state index contributed by atoms with van der Waals surface area (Å²) in [7, 11) is -3.05. The van der Waals surface area contributed by atoms with Crippen LogP contribution in [0.4, 0.5) is 5.69 Å². The number of rotatable bonds is 6. The van der Waals surface area contributed by atoms with Crippen molar-refractivity contribution in [1.82, 2.24) is 0 Å². The number of anilines is 1. The molecule has 2 rings (SSSR count). The molecule has 0 saturated carbocycles. The normalized spacial score (nSPS) is 19.8. The number of hydrogen-bond donors (Lipinski definition) is 1. The van der Waals surface area contributed by atoms with Gasteiger partial charge in [-0.3, -0.25) is 14.4 Å². The SMILES string of the molecule is CC(=O)Nc1ccc(C(=O)[C@@H](C)OC(=O)C[C@H]2CCS(=O)(=O)C2)cc1. The Morgan fingerprint density at radius 3 is 2.40 bits per heavy atom. The average Bonchev–Trinajstić information content (AvgIpc) is 2.85. The minimum absolute atomic E-state index is 0.00167. The number of benzene rings is 1. The Hall–Kier alpha value is -2.22. The van der Waals surface area contributed by atoms with Gasteiger partial charge in [0.15, 0.2) is 15.9 Å². The molecule has 0 radical (unpaired) electrons. The minimum Gasteiger partial charge on any atom is -0.454 e. The number of hydrogen-bond acceptors (Lipinski definition) is 6. The summed E-state index contributed by atoms with van der Waals surface area (Å²) in [6.07, 6.45) is -0.514. The molecule has 2 atom stereocenters. The second kappa shape index (κ2) is 7.77. The first-order valence-electron chi connectivity index (χ1n) is 7.98. The number of nitrogens with one attached hydrogen (secondary N) is 1. The van der Waals surface area contributed by atoms with E-state index in [0.29, 0.717) is 17.7 Å². The van der Waals surface area contributed by atoms with Gasteiger partial charge in [0.25, 0.3) is 0 Å². The number of carbonyl (C=O) groups is 3. The van der Waals surface area contributed by atoms with Gasteiger partial charge < -0.3 is 10.1 Å². The van der Waals surface area contributed by atoms with E-state index in [4.69, 9.17) is 4.74 Å². The van der Waals surface area contributed by atoms with E-state index in [-0.39, 0.29) is 35.5 Å². The summed E-state index contributed by atoms with van der Waals surface area (Å²) in [5, 5.41) is 2.59. The molecule has 136 valence electrons. The molecule has 1 saturated heterocycles. The van der Waals surface area contributed by atoms with E-state index in [9.17, 15) is 22.8 Å². The van der Waals surface area contributed by atoms with Gasteiger partial charge in [-0.1, -0.05) is 0 Å². The van der Waals surface area contributed by atoms with Crippen LogP contribution in [0.3, 0.4) is 0 Å². The summed E-state index contributed by atoms with van der Waals surface area (Å²) in [5.41, 5.74) is 0.925. The molecule has 0 aliphatic carbocycles. The van der Waals surface area contributed by atoms with Crippen molar-refractivity contribution in [3.05, 3.63) is 29.8 Å². The third-order valence-corrected chi connectivity index (χ3v) is 5.79. The highest BCUT2D eigenvalue weighted by Crippen LogP contribution is 2.22. The number of ether oxygens (including phenoxy) is 1. The molecule has 1 fully saturated rings. The molecule has 1 aromatic rings. The molecule has 1 aromatic carbocycles. The van der Waals surface area contributed by atoms with Crippen LogP contribution in [0.1, 0.15) is 37.0 Å². The van der Waals surface area contributed by atoms with Gasteiger partial charge >= 0.3 is 5.97 Å². The van der Waals surface area contributed by atoms with Crippen LogP contribution in [-0.4, -0.2) is 43.7 Å². The topological polar surface area (TPSA) is 107 Å². The average molecular weight is 367 g/mol. The van der Waals surface area contributed by atoms with Gasteiger partial charge in [0, 0.05) is 24.6 Å². The largest absolute Gasteiger partial charge is 0.454 e. The summed E-state index contributed by atoms with van der Waals surface area (Å²) in [4.78, 5) is 35.2. The van der Waals surface area contributed by atoms with Gasteiger partial charge in [-0.05, 0) is 43.5 Å². The maximum absolute atomic E-state index is 12.3. The molecule has 1 amide bonds. The highest BCUT2D eigenvalue weighted by Gasteiger charge is 2.30. The smallest absolute Gasteiger partial charge is 0.306 e. The third kappa shape index (κ3) is 5.67. The zero-order chi connectivity index (χ0) is 18.6. The van der Waals surface area contributed by atoms with Gasteiger partial charge in [-0.2, -0.15) is 0 Å². The molecule has 1 aliphatic heterocycles. The van der Waals surface area contributed by atoms with Gasteiger partial charge in [-0.25, -0.2) is 8.42 Å². The van der Waals surface area contributed by atoms with Crippen molar-refractivity contribution in [1.29, 1.82) is 0 Å². The van der Waals surface area contributed by atoms with Crippen molar-refractivity contribution >= 4 is 33.2 Å². The van der Waals surface area contributed by atoms with Crippen molar-refractivity contribution < 1.29 is 27.5 Å². The zero-order valence-electron chi connectivity index (χ0n) is 14.2. The Labute approximate surface area is 146 Å². The maximum atomic E-state index is 12.3. The first kappa shape index (κ1) is 19.1. The molecule has 8 heteroatoms. The second-order valence-corrected chi connectivity index (χ2v) is 8.46. The Bertz CT molecular complexity index is 769. The fraction of sp³-hybridized carbons (Fsp3) is 0.471. The van der Waals surface area contributed by atoms with Crippen molar-refractivity contribution in [2.45, 2.75) is 32.8 Å². The summed E-state index contributed by atoms with van der Waals surface area (Å²) in [6.45, 7) is 2.86. The maximum Gasteiger partial charge on any atom is 0.306 e. The Balaban J connectivity index is 1.89. The summed E-state index contributed by atoms with van der Waals surface area (Å²) in [6, 6.07) is 6.27. The lowest BCUT2D eigenvalue weighted by atomic mass is 10.0. The monoisotopic (exact) mass is 367 g/mol. The molecule has 0 unspecified atom stereocenters. The molecule has 0 spiro atoms. The van der Waals surface area contributed by atoms with Crippen molar-refractivity contribution in [2.24, 2.45) is 5.92 Å². The Morgan fingerprint density at radius 2 is 1.88 bits per heavy atom. The lowest BCUT2D eigenvalue weighted by Crippen LogP contribution is -2.25. The number of sulfone groups is 1. The van der Waals surface area contributed by atoms with Crippen molar-refractivity contribution in [2.75, 3.05) is 16.8 Å². The first-order valence-corrected chi connectivity index (χ1v) is 9.80. The van der Waals surface area contributed by atoms with Gasteiger partial charge in [-0.15, -0.1) is 0 Å². The van der Waals surface area contributed by atoms with Gasteiger partial charge in [0.2, 0.25) is 11.7 Å². The van der Waals surface area contributed by atoms with Crippen molar-refractivity contribution in [3.63, 3.8) is 0 Å². The zero-order valence-corrected chi connectivity index (χ0v) is 15.0. The minimum atomic E-state index is -3.05. The highest BCUT2D eigenvalue weighted by atomic mass is 32.2. The van der Waals surface area contributed by atoms with Crippen LogP contribution in [0.5, 0.6) is 0 Å². The van der Waals surface area contributed by atoms with Crippen LogP contribution in [0, 0.1) is 5.92 Å². The van der Waals surface area contributed by atoms with Crippen LogP contribution < -0.4 is 5.32 Å². The van der Waals surface area contributed by atoms with Crippen LogP contribution in [-0.2, 0) is 24.2 Å². The molecule has 7 nitrogen and oxygen atoms in total.